The molecule has 3 N–H and O–H groups in total. The van der Waals surface area contributed by atoms with E-state index in [-0.39, 0.29) is 17.3 Å². The first-order valence-electron chi connectivity index (χ1n) is 8.83. The van der Waals surface area contributed by atoms with Gasteiger partial charge in [-0.2, -0.15) is 0 Å². The standard InChI is InChI=1S/C22H20O4S/c1-13-11-19(25)20(12-14(13)2)27-22(16-5-9-18(24)10-6-16)21(26)15-3-7-17(23)8-4-15/h3-12,22-25H,1-2H3/i/hT. The van der Waals surface area contributed by atoms with Gasteiger partial charge in [0.25, 0.3) is 1.43 Å². The van der Waals surface area contributed by atoms with Crippen LogP contribution in [-0.2, 0) is 0 Å². The topological polar surface area (TPSA) is 77.8 Å². The van der Waals surface area contributed by atoms with Gasteiger partial charge in [0.15, 0.2) is 5.78 Å². The summed E-state index contributed by atoms with van der Waals surface area (Å²) in [6.07, 6.45) is 0. The number of hydrogen-bond acceptors (Lipinski definition) is 5. The lowest BCUT2D eigenvalue weighted by molar-refractivity contribution is 0.0989. The second-order valence-electron chi connectivity index (χ2n) is 6.38. The van der Waals surface area contributed by atoms with Crippen molar-refractivity contribution < 1.29 is 20.1 Å². The van der Waals surface area contributed by atoms with Gasteiger partial charge in [-0.3, -0.25) is 4.79 Å². The number of carbonyl (C=O) groups excluding carboxylic acids is 1. The molecule has 0 amide bonds. The predicted octanol–water partition coefficient (Wildman–Crippen LogP) is 5.14. The minimum atomic E-state index is -0.614. The summed E-state index contributed by atoms with van der Waals surface area (Å²) in [5.41, 5.74) is 3.18. The zero-order chi connectivity index (χ0) is 20.3. The molecule has 5 heteroatoms. The Kier molecular flexibility index (Phi) is 5.03. The van der Waals surface area contributed by atoms with Crippen LogP contribution in [0.5, 0.6) is 17.2 Å². The Balaban J connectivity index is 2.02. The maximum atomic E-state index is 13.2. The molecule has 0 bridgehead atoms. The first-order valence-corrected chi connectivity index (χ1v) is 9.30. The van der Waals surface area contributed by atoms with Crippen molar-refractivity contribution in [2.45, 2.75) is 24.0 Å². The molecular formula is C22H20O4S. The first kappa shape index (κ1) is 17.5. The second kappa shape index (κ2) is 7.76. The van der Waals surface area contributed by atoms with Crippen molar-refractivity contribution in [2.75, 3.05) is 0 Å². The Morgan fingerprint density at radius 3 is 2.15 bits per heavy atom. The highest BCUT2D eigenvalue weighted by Gasteiger charge is 2.25. The van der Waals surface area contributed by atoms with Gasteiger partial charge in [0.05, 0.1) is 10.1 Å². The smallest absolute Gasteiger partial charge is 0.293 e. The summed E-state index contributed by atoms with van der Waals surface area (Å²) in [5.74, 6) is 0.438. The Morgan fingerprint density at radius 2 is 1.52 bits per heavy atom. The molecule has 3 aromatic carbocycles. The van der Waals surface area contributed by atoms with E-state index < -0.39 is 5.25 Å². The lowest BCUT2D eigenvalue weighted by atomic mass is 10.0. The third-order valence-corrected chi connectivity index (χ3v) is 5.70. The third-order valence-electron chi connectivity index (χ3n) is 4.39. The molecule has 0 saturated carbocycles. The third kappa shape index (κ3) is 4.26. The summed E-state index contributed by atoms with van der Waals surface area (Å²) in [5, 5.41) is 23.7. The highest BCUT2D eigenvalue weighted by Crippen LogP contribution is 2.42. The van der Waals surface area contributed by atoms with Gasteiger partial charge < -0.3 is 15.3 Å². The molecule has 0 aromatic heterocycles. The summed E-state index contributed by atoms with van der Waals surface area (Å²) in [6, 6.07) is 16.4. The van der Waals surface area contributed by atoms with Gasteiger partial charge in [-0.25, -0.2) is 0 Å². The molecule has 1 unspecified atom stereocenters. The van der Waals surface area contributed by atoms with Gasteiger partial charge in [0.1, 0.15) is 17.2 Å². The van der Waals surface area contributed by atoms with Crippen molar-refractivity contribution in [3.8, 4) is 17.2 Å². The predicted molar refractivity (Wildman–Crippen MR) is 107 cm³/mol. The van der Waals surface area contributed by atoms with E-state index in [0.717, 1.165) is 16.7 Å². The summed E-state index contributed by atoms with van der Waals surface area (Å²) in [6.45, 7) is 3.87. The fourth-order valence-corrected chi connectivity index (χ4v) is 3.90. The zero-order valence-electron chi connectivity index (χ0n) is 16.0. The largest absolute Gasteiger partial charge is 0.508 e. The van der Waals surface area contributed by atoms with Crippen LogP contribution in [0.15, 0.2) is 65.6 Å². The van der Waals surface area contributed by atoms with Crippen molar-refractivity contribution in [1.82, 2.24) is 0 Å². The minimum absolute atomic E-state index is 0.0875. The van der Waals surface area contributed by atoms with Crippen LogP contribution in [-0.4, -0.2) is 22.5 Å². The number of thioether (sulfide) groups is 1. The summed E-state index contributed by atoms with van der Waals surface area (Å²) < 4.78 is 6.98. The van der Waals surface area contributed by atoms with Crippen LogP contribution >= 0.6 is 11.8 Å². The fourth-order valence-electron chi connectivity index (χ4n) is 2.69. The van der Waals surface area contributed by atoms with E-state index in [1.165, 1.54) is 23.9 Å². The van der Waals surface area contributed by atoms with Crippen LogP contribution < -0.4 is 0 Å². The Labute approximate surface area is 163 Å². The number of rotatable bonds is 6. The maximum Gasteiger partial charge on any atom is 0.293 e. The molecule has 0 aliphatic carbocycles. The molecule has 27 heavy (non-hydrogen) atoms. The zero-order valence-corrected chi connectivity index (χ0v) is 15.8. The number of aromatic hydroxyl groups is 3. The molecule has 0 saturated heterocycles. The molecule has 1 atom stereocenters. The van der Waals surface area contributed by atoms with E-state index in [1.807, 2.05) is 19.9 Å². The van der Waals surface area contributed by atoms with Crippen molar-refractivity contribution in [1.29, 1.82) is 1.43 Å². The molecule has 0 aliphatic heterocycles. The number of aryl methyl sites for hydroxylation is 2. The van der Waals surface area contributed by atoms with Crippen molar-refractivity contribution in [2.24, 2.45) is 0 Å². The number of phenols is 3. The maximum absolute atomic E-state index is 13.2. The number of benzene rings is 3. The summed E-state index contributed by atoms with van der Waals surface area (Å²) >= 11 is 1.26. The van der Waals surface area contributed by atoms with Crippen LogP contribution in [0, 0.1) is 13.8 Å². The van der Waals surface area contributed by atoms with Crippen LogP contribution in [0.3, 0.4) is 0 Å². The molecule has 4 nitrogen and oxygen atoms in total. The Hall–Kier alpha value is -2.92. The number of carbonyl (C=O) groups is 1. The molecule has 0 heterocycles. The van der Waals surface area contributed by atoms with Crippen LogP contribution in [0.4, 0.5) is 0 Å². The van der Waals surface area contributed by atoms with Gasteiger partial charge in [-0.05, 0) is 79.1 Å². The van der Waals surface area contributed by atoms with E-state index in [4.69, 9.17) is 1.43 Å². The van der Waals surface area contributed by atoms with E-state index >= 15 is 0 Å². The molecule has 138 valence electrons. The quantitative estimate of drug-likeness (QED) is 0.407. The van der Waals surface area contributed by atoms with Gasteiger partial charge in [-0.15, -0.1) is 11.8 Å². The number of Topliss-reactive ketones (excluding diaryl/α,β-unsaturated/α-hetero) is 1. The van der Waals surface area contributed by atoms with Crippen LogP contribution in [0.1, 0.15) is 32.3 Å². The SMILES string of the molecule is [3H]Oc1ccc(C(Sc2cc(C)c(C)cc2O)C(=O)c2ccc(O)cc2)cc1. The second-order valence-corrected chi connectivity index (χ2v) is 7.53. The van der Waals surface area contributed by atoms with Crippen molar-refractivity contribution in [3.05, 3.63) is 82.9 Å². The molecular weight excluding hydrogens is 360 g/mol. The van der Waals surface area contributed by atoms with Crippen molar-refractivity contribution >= 4 is 17.5 Å². The average molecular weight is 382 g/mol. The Bertz CT molecular complexity index is 985. The average Bonchev–Trinajstić information content (AvgIpc) is 2.70. The van der Waals surface area contributed by atoms with Gasteiger partial charge in [0, 0.05) is 5.56 Å². The number of phenolic OH excluding ortho intramolecular Hbond substituents is 3. The van der Waals surface area contributed by atoms with E-state index in [2.05, 4.69) is 5.11 Å². The van der Waals surface area contributed by atoms with E-state index in [0.29, 0.717) is 16.2 Å². The van der Waals surface area contributed by atoms with Gasteiger partial charge in [-0.1, -0.05) is 12.1 Å². The highest BCUT2D eigenvalue weighted by molar-refractivity contribution is 8.00. The summed E-state index contributed by atoms with van der Waals surface area (Å²) in [7, 11) is 0. The Morgan fingerprint density at radius 1 is 0.926 bits per heavy atom. The van der Waals surface area contributed by atoms with Gasteiger partial charge >= 0.3 is 0 Å². The molecule has 3 aromatic rings. The van der Waals surface area contributed by atoms with E-state index in [9.17, 15) is 15.0 Å². The van der Waals surface area contributed by atoms with E-state index in [1.54, 1.807) is 42.5 Å². The molecule has 0 spiro atoms. The normalized spacial score (nSPS) is 12.3. The first-order chi connectivity index (χ1) is 13.4. The minimum Gasteiger partial charge on any atom is -0.508 e. The lowest BCUT2D eigenvalue weighted by Gasteiger charge is -2.18. The lowest BCUT2D eigenvalue weighted by Crippen LogP contribution is -2.10. The summed E-state index contributed by atoms with van der Waals surface area (Å²) in [4.78, 5) is 13.8. The van der Waals surface area contributed by atoms with Crippen LogP contribution in [0.25, 0.3) is 0 Å². The molecule has 3 rings (SSSR count). The number of ketones is 1. The molecule has 0 radical (unpaired) electrons. The highest BCUT2D eigenvalue weighted by atomic mass is 32.2. The monoisotopic (exact) mass is 382 g/mol. The van der Waals surface area contributed by atoms with Crippen LogP contribution in [0.2, 0.25) is 0 Å². The molecule has 0 fully saturated rings. The fraction of sp³-hybridized carbons (Fsp3) is 0.136. The molecule has 0 aliphatic rings. The van der Waals surface area contributed by atoms with Gasteiger partial charge in [0.2, 0.25) is 0 Å². The van der Waals surface area contributed by atoms with Crippen molar-refractivity contribution in [3.63, 3.8) is 0 Å². The number of hydrogen-bond donors (Lipinski definition) is 3.